The molecule has 1 fully saturated rings. The molecule has 14 heavy (non-hydrogen) atoms. The predicted octanol–water partition coefficient (Wildman–Crippen LogP) is 2.37. The maximum absolute atomic E-state index is 11.3. The topological polar surface area (TPSA) is 26.3 Å². The van der Waals surface area contributed by atoms with Crippen molar-refractivity contribution in [2.45, 2.75) is 38.1 Å². The Morgan fingerprint density at radius 2 is 2.14 bits per heavy atom. The molecule has 3 heteroatoms. The Balaban J connectivity index is 2.20. The highest BCUT2D eigenvalue weighted by atomic mass is 28.4. The fourth-order valence-electron chi connectivity index (χ4n) is 2.70. The Kier molecular flexibility index (Phi) is 2.19. The Bertz CT molecular complexity index is 280. The van der Waals surface area contributed by atoms with Crippen LogP contribution in [0.4, 0.5) is 0 Å². The van der Waals surface area contributed by atoms with Crippen molar-refractivity contribution in [3.63, 3.8) is 0 Å². The molecule has 0 amide bonds. The summed E-state index contributed by atoms with van der Waals surface area (Å²) in [6, 6.07) is 0. The van der Waals surface area contributed by atoms with Crippen molar-refractivity contribution in [1.29, 1.82) is 0 Å². The standard InChI is InChI=1S/C11H18O2Si/c1-14(2,3)13-11(8-12)7-9-4-5-10(11)6-9/h4-5,8-10H,6-7H2,1-3H3/t9-,10+,11-/m0/s1. The van der Waals surface area contributed by atoms with Gasteiger partial charge < -0.3 is 9.22 Å². The lowest BCUT2D eigenvalue weighted by Gasteiger charge is -2.36. The van der Waals surface area contributed by atoms with Crippen molar-refractivity contribution in [3.05, 3.63) is 12.2 Å². The third kappa shape index (κ3) is 1.59. The third-order valence-corrected chi connectivity index (χ3v) is 4.07. The van der Waals surface area contributed by atoms with Gasteiger partial charge in [0, 0.05) is 5.92 Å². The fraction of sp³-hybridized carbons (Fsp3) is 0.727. The van der Waals surface area contributed by atoms with Crippen LogP contribution in [0.5, 0.6) is 0 Å². The Hall–Kier alpha value is -0.413. The zero-order valence-electron chi connectivity index (χ0n) is 9.12. The molecule has 2 nitrogen and oxygen atoms in total. The first-order chi connectivity index (χ1) is 6.45. The molecule has 0 aliphatic heterocycles. The number of rotatable bonds is 3. The van der Waals surface area contributed by atoms with E-state index in [0.29, 0.717) is 11.8 Å². The van der Waals surface area contributed by atoms with Gasteiger partial charge in [-0.25, -0.2) is 0 Å². The van der Waals surface area contributed by atoms with Crippen molar-refractivity contribution >= 4 is 14.6 Å². The second kappa shape index (κ2) is 3.04. The van der Waals surface area contributed by atoms with E-state index in [0.717, 1.165) is 19.1 Å². The summed E-state index contributed by atoms with van der Waals surface area (Å²) in [5, 5.41) is 0. The normalized spacial score (nSPS) is 40.5. The smallest absolute Gasteiger partial charge is 0.185 e. The van der Waals surface area contributed by atoms with Gasteiger partial charge in [0.25, 0.3) is 0 Å². The molecule has 0 saturated heterocycles. The summed E-state index contributed by atoms with van der Waals surface area (Å²) < 4.78 is 6.09. The van der Waals surface area contributed by atoms with E-state index >= 15 is 0 Å². The first-order valence-electron chi connectivity index (χ1n) is 5.30. The highest BCUT2D eigenvalue weighted by Gasteiger charge is 2.51. The van der Waals surface area contributed by atoms with E-state index in [1.807, 2.05) is 0 Å². The highest BCUT2D eigenvalue weighted by Crippen LogP contribution is 2.48. The Labute approximate surface area is 86.5 Å². The minimum atomic E-state index is -1.62. The van der Waals surface area contributed by atoms with E-state index in [1.165, 1.54) is 0 Å². The number of hydrogen-bond donors (Lipinski definition) is 0. The molecule has 0 radical (unpaired) electrons. The largest absolute Gasteiger partial charge is 0.405 e. The molecule has 0 aromatic carbocycles. The lowest BCUT2D eigenvalue weighted by Crippen LogP contribution is -2.46. The van der Waals surface area contributed by atoms with Crippen molar-refractivity contribution in [2.75, 3.05) is 0 Å². The van der Waals surface area contributed by atoms with Gasteiger partial charge in [-0.3, -0.25) is 0 Å². The molecule has 2 aliphatic carbocycles. The minimum Gasteiger partial charge on any atom is -0.405 e. The van der Waals surface area contributed by atoms with Gasteiger partial charge in [-0.15, -0.1) is 0 Å². The van der Waals surface area contributed by atoms with Crippen LogP contribution in [-0.2, 0) is 9.22 Å². The van der Waals surface area contributed by atoms with E-state index in [4.69, 9.17) is 4.43 Å². The molecule has 0 unspecified atom stereocenters. The van der Waals surface area contributed by atoms with Gasteiger partial charge in [-0.2, -0.15) is 0 Å². The number of allylic oxidation sites excluding steroid dienone is 1. The van der Waals surface area contributed by atoms with E-state index in [1.54, 1.807) is 0 Å². The lowest BCUT2D eigenvalue weighted by atomic mass is 9.90. The Morgan fingerprint density at radius 3 is 2.50 bits per heavy atom. The Morgan fingerprint density at radius 1 is 1.43 bits per heavy atom. The van der Waals surface area contributed by atoms with E-state index in [2.05, 4.69) is 31.8 Å². The lowest BCUT2D eigenvalue weighted by molar-refractivity contribution is -0.124. The molecule has 0 spiro atoms. The summed E-state index contributed by atoms with van der Waals surface area (Å²) in [6.07, 6.45) is 7.48. The van der Waals surface area contributed by atoms with Crippen LogP contribution in [0.15, 0.2) is 12.2 Å². The maximum atomic E-state index is 11.3. The molecule has 0 N–H and O–H groups in total. The van der Waals surface area contributed by atoms with Crippen LogP contribution < -0.4 is 0 Å². The molecule has 1 saturated carbocycles. The molecule has 78 valence electrons. The average molecular weight is 210 g/mol. The predicted molar refractivity (Wildman–Crippen MR) is 58.6 cm³/mol. The number of aldehydes is 1. The molecule has 2 aliphatic rings. The first-order valence-corrected chi connectivity index (χ1v) is 8.71. The maximum Gasteiger partial charge on any atom is 0.185 e. The van der Waals surface area contributed by atoms with Gasteiger partial charge in [0.15, 0.2) is 14.6 Å². The highest BCUT2D eigenvalue weighted by molar-refractivity contribution is 6.70. The van der Waals surface area contributed by atoms with Crippen molar-refractivity contribution in [1.82, 2.24) is 0 Å². The van der Waals surface area contributed by atoms with Gasteiger partial charge in [0.2, 0.25) is 0 Å². The summed E-state index contributed by atoms with van der Waals surface area (Å²) in [4.78, 5) is 11.3. The zero-order valence-corrected chi connectivity index (χ0v) is 10.1. The third-order valence-electron chi connectivity index (χ3n) is 3.08. The molecular formula is C11H18O2Si. The van der Waals surface area contributed by atoms with Crippen LogP contribution in [-0.4, -0.2) is 20.2 Å². The molecule has 0 heterocycles. The quantitative estimate of drug-likeness (QED) is 0.406. The second-order valence-corrected chi connectivity index (χ2v) is 9.91. The van der Waals surface area contributed by atoms with Gasteiger partial charge in [-0.05, 0) is 38.4 Å². The van der Waals surface area contributed by atoms with Gasteiger partial charge in [0.1, 0.15) is 5.60 Å². The van der Waals surface area contributed by atoms with Crippen LogP contribution in [0.2, 0.25) is 19.6 Å². The molecular weight excluding hydrogens is 192 g/mol. The van der Waals surface area contributed by atoms with Gasteiger partial charge in [-0.1, -0.05) is 12.2 Å². The SMILES string of the molecule is C[Si](C)(C)O[C@]1(C=O)C[C@H]2C=C[C@@H]1C2. The summed E-state index contributed by atoms with van der Waals surface area (Å²) in [5.41, 5.74) is -0.468. The van der Waals surface area contributed by atoms with E-state index in [-0.39, 0.29) is 0 Å². The van der Waals surface area contributed by atoms with Crippen LogP contribution >= 0.6 is 0 Å². The van der Waals surface area contributed by atoms with Crippen LogP contribution in [0.3, 0.4) is 0 Å². The van der Waals surface area contributed by atoms with Crippen LogP contribution in [0.1, 0.15) is 12.8 Å². The molecule has 3 atom stereocenters. The van der Waals surface area contributed by atoms with Gasteiger partial charge >= 0.3 is 0 Å². The average Bonchev–Trinajstić information content (AvgIpc) is 2.60. The van der Waals surface area contributed by atoms with Crippen LogP contribution in [0.25, 0.3) is 0 Å². The molecule has 2 rings (SSSR count). The van der Waals surface area contributed by atoms with E-state index in [9.17, 15) is 4.79 Å². The second-order valence-electron chi connectivity index (χ2n) is 5.48. The van der Waals surface area contributed by atoms with Gasteiger partial charge in [0.05, 0.1) is 0 Å². The zero-order chi connectivity index (χ0) is 10.4. The van der Waals surface area contributed by atoms with Crippen molar-refractivity contribution in [3.8, 4) is 0 Å². The minimum absolute atomic E-state index is 0.344. The first kappa shape index (κ1) is 10.1. The summed E-state index contributed by atoms with van der Waals surface area (Å²) >= 11 is 0. The van der Waals surface area contributed by atoms with Crippen LogP contribution in [0, 0.1) is 11.8 Å². The monoisotopic (exact) mass is 210 g/mol. The number of carbonyl (C=O) groups is 1. The molecule has 2 bridgehead atoms. The fourth-order valence-corrected chi connectivity index (χ4v) is 4.12. The van der Waals surface area contributed by atoms with Crippen molar-refractivity contribution < 1.29 is 9.22 Å². The number of fused-ring (bicyclic) bond motifs is 2. The molecule has 0 aromatic heterocycles. The summed E-state index contributed by atoms with van der Waals surface area (Å²) in [6.45, 7) is 6.44. The number of hydrogen-bond acceptors (Lipinski definition) is 2. The number of carbonyl (C=O) groups excluding carboxylic acids is 1. The summed E-state index contributed by atoms with van der Waals surface area (Å²) in [5.74, 6) is 0.929. The van der Waals surface area contributed by atoms with E-state index < -0.39 is 13.9 Å². The summed E-state index contributed by atoms with van der Waals surface area (Å²) in [7, 11) is -1.62. The van der Waals surface area contributed by atoms with Crippen molar-refractivity contribution in [2.24, 2.45) is 11.8 Å². The molecule has 0 aromatic rings.